The number of hydrogen-bond donors (Lipinski definition) is 3. The van der Waals surface area contributed by atoms with E-state index in [9.17, 15) is 0 Å². The minimum atomic E-state index is -1.48. The molecule has 1 aromatic heterocycles. The normalized spacial score (nSPS) is 10.7. The molecule has 3 nitrogen and oxygen atoms in total. The van der Waals surface area contributed by atoms with Gasteiger partial charge in [0.25, 0.3) is 0 Å². The van der Waals surface area contributed by atoms with Crippen LogP contribution in [0.25, 0.3) is 10.9 Å². The summed E-state index contributed by atoms with van der Waals surface area (Å²) in [6.45, 7) is 0. The fraction of sp³-hybridized carbons (Fsp3) is 0. The van der Waals surface area contributed by atoms with E-state index in [-0.39, 0.29) is 0 Å². The second-order valence-corrected chi connectivity index (χ2v) is 3.21. The Morgan fingerprint density at radius 1 is 1.31 bits per heavy atom. The van der Waals surface area contributed by atoms with Crippen molar-refractivity contribution in [2.75, 3.05) is 0 Å². The van der Waals surface area contributed by atoms with E-state index in [2.05, 4.69) is 4.98 Å². The minimum Gasteiger partial charge on any atom is -0.422 e. The molecule has 0 saturated heterocycles. The predicted octanol–water partition coefficient (Wildman–Crippen LogP) is 0.501. The third kappa shape index (κ3) is 1.44. The second-order valence-electron chi connectivity index (χ2n) is 2.80. The number of halogens is 1. The summed E-state index contributed by atoms with van der Waals surface area (Å²) < 4.78 is 0. The molecule has 0 saturated carbocycles. The van der Waals surface area contributed by atoms with Crippen LogP contribution in [0, 0.1) is 0 Å². The smallest absolute Gasteiger partial charge is 0.422 e. The number of benzene rings is 1. The van der Waals surface area contributed by atoms with Gasteiger partial charge in [0.2, 0.25) is 0 Å². The summed E-state index contributed by atoms with van der Waals surface area (Å²) in [6.07, 6.45) is 0. The predicted molar refractivity (Wildman–Crippen MR) is 53.1 cm³/mol. The van der Waals surface area contributed by atoms with Crippen LogP contribution in [0.2, 0.25) is 5.02 Å². The highest BCUT2D eigenvalue weighted by Gasteiger charge is 2.14. The summed E-state index contributed by atoms with van der Waals surface area (Å²) in [5.41, 5.74) is 1.15. The van der Waals surface area contributed by atoms with Gasteiger partial charge in [-0.1, -0.05) is 17.7 Å². The van der Waals surface area contributed by atoms with Gasteiger partial charge in [0, 0.05) is 21.5 Å². The third-order valence-corrected chi connectivity index (χ3v) is 2.24. The molecule has 13 heavy (non-hydrogen) atoms. The molecule has 0 aliphatic heterocycles. The van der Waals surface area contributed by atoms with Gasteiger partial charge < -0.3 is 15.0 Å². The zero-order chi connectivity index (χ0) is 9.42. The monoisotopic (exact) mass is 195 g/mol. The lowest BCUT2D eigenvalue weighted by Gasteiger charge is -1.90. The van der Waals surface area contributed by atoms with E-state index in [0.29, 0.717) is 10.6 Å². The van der Waals surface area contributed by atoms with Crippen LogP contribution < -0.4 is 5.59 Å². The van der Waals surface area contributed by atoms with E-state index in [0.717, 1.165) is 10.9 Å². The highest BCUT2D eigenvalue weighted by Crippen LogP contribution is 2.20. The van der Waals surface area contributed by atoms with E-state index < -0.39 is 7.12 Å². The molecule has 0 amide bonds. The second kappa shape index (κ2) is 3.07. The van der Waals surface area contributed by atoms with Crippen molar-refractivity contribution in [3.8, 4) is 0 Å². The van der Waals surface area contributed by atoms with Gasteiger partial charge in [-0.05, 0) is 18.2 Å². The number of aromatic nitrogens is 1. The molecule has 0 spiro atoms. The highest BCUT2D eigenvalue weighted by molar-refractivity contribution is 6.58. The fourth-order valence-corrected chi connectivity index (χ4v) is 1.51. The first-order valence-corrected chi connectivity index (χ1v) is 4.19. The molecular formula is C8H7BClNO2. The van der Waals surface area contributed by atoms with E-state index in [4.69, 9.17) is 21.6 Å². The van der Waals surface area contributed by atoms with Crippen molar-refractivity contribution < 1.29 is 10.0 Å². The van der Waals surface area contributed by atoms with Crippen LogP contribution in [-0.2, 0) is 0 Å². The van der Waals surface area contributed by atoms with Crippen LogP contribution in [0.5, 0.6) is 0 Å². The zero-order valence-corrected chi connectivity index (χ0v) is 7.42. The first-order valence-electron chi connectivity index (χ1n) is 3.82. The van der Waals surface area contributed by atoms with Gasteiger partial charge in [-0.2, -0.15) is 0 Å². The molecule has 1 heterocycles. The average molecular weight is 195 g/mol. The van der Waals surface area contributed by atoms with Crippen molar-refractivity contribution in [3.05, 3.63) is 29.3 Å². The summed E-state index contributed by atoms with van der Waals surface area (Å²) in [6, 6.07) is 7.01. The Hall–Kier alpha value is -0.965. The van der Waals surface area contributed by atoms with Crippen molar-refractivity contribution in [2.24, 2.45) is 0 Å². The summed E-state index contributed by atoms with van der Waals surface area (Å²) >= 11 is 5.89. The molecule has 66 valence electrons. The maximum atomic E-state index is 8.90. The molecule has 0 radical (unpaired) electrons. The van der Waals surface area contributed by atoms with Gasteiger partial charge in [-0.25, -0.2) is 0 Å². The number of fused-ring (bicyclic) bond motifs is 1. The van der Waals surface area contributed by atoms with E-state index >= 15 is 0 Å². The topological polar surface area (TPSA) is 56.2 Å². The standard InChI is InChI=1S/C8H7BClNO2/c10-6-2-1-3-7-5(6)4-8(11-7)9(12)13/h1-4,11-13H. The van der Waals surface area contributed by atoms with Crippen LogP contribution in [0.4, 0.5) is 0 Å². The Bertz CT molecular complexity index is 441. The largest absolute Gasteiger partial charge is 0.505 e. The number of hydrogen-bond acceptors (Lipinski definition) is 2. The number of nitrogens with one attached hydrogen (secondary N) is 1. The lowest BCUT2D eigenvalue weighted by molar-refractivity contribution is 0.424. The molecule has 2 rings (SSSR count). The number of rotatable bonds is 1. The minimum absolute atomic E-state index is 0.350. The van der Waals surface area contributed by atoms with E-state index in [1.807, 2.05) is 6.07 Å². The van der Waals surface area contributed by atoms with Crippen molar-refractivity contribution in [1.82, 2.24) is 4.98 Å². The van der Waals surface area contributed by atoms with Gasteiger partial charge in [-0.3, -0.25) is 0 Å². The quantitative estimate of drug-likeness (QED) is 0.581. The number of H-pyrrole nitrogens is 1. The van der Waals surface area contributed by atoms with E-state index in [1.165, 1.54) is 0 Å². The average Bonchev–Trinajstić information content (AvgIpc) is 2.49. The van der Waals surface area contributed by atoms with Crippen LogP contribution >= 0.6 is 11.6 Å². The maximum Gasteiger partial charge on any atom is 0.505 e. The SMILES string of the molecule is OB(O)c1cc2c(Cl)cccc2[nH]1. The van der Waals surface area contributed by atoms with Gasteiger partial charge >= 0.3 is 7.12 Å². The molecule has 0 atom stereocenters. The van der Waals surface area contributed by atoms with Crippen molar-refractivity contribution in [2.45, 2.75) is 0 Å². The molecule has 0 unspecified atom stereocenters. The third-order valence-electron chi connectivity index (χ3n) is 1.91. The lowest BCUT2D eigenvalue weighted by atomic mass is 9.86. The van der Waals surface area contributed by atoms with Crippen LogP contribution in [0.1, 0.15) is 0 Å². The molecule has 0 bridgehead atoms. The molecule has 1 aromatic carbocycles. The first-order chi connectivity index (χ1) is 6.18. The molecule has 0 fully saturated rings. The van der Waals surface area contributed by atoms with Gasteiger partial charge in [0.15, 0.2) is 0 Å². The molecule has 5 heteroatoms. The highest BCUT2D eigenvalue weighted by atomic mass is 35.5. The zero-order valence-electron chi connectivity index (χ0n) is 6.66. The van der Waals surface area contributed by atoms with E-state index in [1.54, 1.807) is 18.2 Å². The van der Waals surface area contributed by atoms with Crippen LogP contribution in [0.3, 0.4) is 0 Å². The van der Waals surface area contributed by atoms with Crippen LogP contribution in [0.15, 0.2) is 24.3 Å². The summed E-state index contributed by atoms with van der Waals surface area (Å²) in [5, 5.41) is 19.2. The molecule has 3 N–H and O–H groups in total. The molecule has 2 aromatic rings. The van der Waals surface area contributed by atoms with Crippen molar-refractivity contribution in [1.29, 1.82) is 0 Å². The van der Waals surface area contributed by atoms with Crippen molar-refractivity contribution in [3.63, 3.8) is 0 Å². The Balaban J connectivity index is 2.68. The number of aromatic amines is 1. The Morgan fingerprint density at radius 3 is 2.69 bits per heavy atom. The van der Waals surface area contributed by atoms with Crippen molar-refractivity contribution >= 4 is 35.2 Å². The fourth-order valence-electron chi connectivity index (χ4n) is 1.28. The molecule has 0 aliphatic rings. The van der Waals surface area contributed by atoms with Crippen LogP contribution in [-0.4, -0.2) is 22.2 Å². The Labute approximate surface area is 80.1 Å². The lowest BCUT2D eigenvalue weighted by Crippen LogP contribution is -2.30. The molecule has 0 aliphatic carbocycles. The summed E-state index contributed by atoms with van der Waals surface area (Å²) in [5.74, 6) is 0. The van der Waals surface area contributed by atoms with Gasteiger partial charge in [0.05, 0.1) is 0 Å². The maximum absolute atomic E-state index is 8.90. The Morgan fingerprint density at radius 2 is 2.08 bits per heavy atom. The Kier molecular flexibility index (Phi) is 2.03. The summed E-state index contributed by atoms with van der Waals surface area (Å²) in [7, 11) is -1.48. The van der Waals surface area contributed by atoms with Gasteiger partial charge in [-0.15, -0.1) is 0 Å². The first kappa shape index (κ1) is 8.63. The van der Waals surface area contributed by atoms with Gasteiger partial charge in [0.1, 0.15) is 0 Å². The summed E-state index contributed by atoms with van der Waals surface area (Å²) in [4.78, 5) is 2.85. The molecular weight excluding hydrogens is 188 g/mol.